The Balaban J connectivity index is 3.12. The van der Waals surface area contributed by atoms with Crippen molar-refractivity contribution in [2.24, 2.45) is 0 Å². The zero-order chi connectivity index (χ0) is 20.0. The van der Waals surface area contributed by atoms with Crippen LogP contribution in [0, 0.1) is 0 Å². The van der Waals surface area contributed by atoms with Crippen molar-refractivity contribution in [2.45, 2.75) is 122 Å². The monoisotopic (exact) mass is 383 g/mol. The summed E-state index contributed by atoms with van der Waals surface area (Å²) in [4.78, 5) is 22.5. The lowest BCUT2D eigenvalue weighted by molar-refractivity contribution is -0.142. The molecule has 4 heteroatoms. The molecule has 0 fully saturated rings. The normalized spacial score (nSPS) is 10.7. The van der Waals surface area contributed by atoms with Crippen LogP contribution in [0.3, 0.4) is 0 Å². The van der Waals surface area contributed by atoms with Crippen molar-refractivity contribution in [3.63, 3.8) is 0 Å². The molecule has 0 rings (SSSR count). The van der Waals surface area contributed by atoms with E-state index in [0.717, 1.165) is 13.0 Å². The number of esters is 1. The second kappa shape index (κ2) is 21.2. The summed E-state index contributed by atoms with van der Waals surface area (Å²) in [6, 6.07) is 0. The largest absolute Gasteiger partial charge is 0.469 e. The number of unbranched alkanes of at least 4 members (excludes halogenated alkanes) is 15. The molecule has 1 amide bonds. The highest BCUT2D eigenvalue weighted by Gasteiger charge is 2.05. The van der Waals surface area contributed by atoms with E-state index in [1.54, 1.807) is 0 Å². The zero-order valence-electron chi connectivity index (χ0n) is 18.2. The molecule has 0 radical (unpaired) electrons. The molecular formula is C23H45NO3. The van der Waals surface area contributed by atoms with Crippen LogP contribution in [0.15, 0.2) is 0 Å². The van der Waals surface area contributed by atoms with E-state index in [1.165, 1.54) is 103 Å². The van der Waals surface area contributed by atoms with Crippen LogP contribution in [0.25, 0.3) is 0 Å². The van der Waals surface area contributed by atoms with Crippen molar-refractivity contribution in [1.29, 1.82) is 0 Å². The van der Waals surface area contributed by atoms with Gasteiger partial charge in [-0.05, 0) is 6.42 Å². The van der Waals surface area contributed by atoms with Gasteiger partial charge in [-0.25, -0.2) is 0 Å². The second-order valence-electron chi connectivity index (χ2n) is 7.73. The first kappa shape index (κ1) is 25.9. The van der Waals surface area contributed by atoms with Gasteiger partial charge in [0.1, 0.15) is 0 Å². The summed E-state index contributed by atoms with van der Waals surface area (Å²) >= 11 is 0. The maximum absolute atomic E-state index is 11.5. The van der Waals surface area contributed by atoms with Crippen LogP contribution in [-0.2, 0) is 14.3 Å². The fourth-order valence-corrected chi connectivity index (χ4v) is 3.31. The Hall–Kier alpha value is -1.06. The lowest BCUT2D eigenvalue weighted by Gasteiger charge is -2.05. The van der Waals surface area contributed by atoms with Gasteiger partial charge in [0.2, 0.25) is 5.91 Å². The fraction of sp³-hybridized carbons (Fsp3) is 0.913. The Bertz CT molecular complexity index is 345. The Kier molecular flexibility index (Phi) is 20.4. The van der Waals surface area contributed by atoms with E-state index >= 15 is 0 Å². The Morgan fingerprint density at radius 2 is 1.04 bits per heavy atom. The van der Waals surface area contributed by atoms with E-state index in [4.69, 9.17) is 0 Å². The average molecular weight is 384 g/mol. The van der Waals surface area contributed by atoms with Crippen LogP contribution >= 0.6 is 0 Å². The standard InChI is InChI=1S/C23H45NO3/c1-3-4-5-6-7-8-9-10-11-12-13-14-15-16-17-18-21-24-22(25)19-20-23(26)27-2/h3-21H2,1-2H3,(H,24,25). The lowest BCUT2D eigenvalue weighted by atomic mass is 10.0. The van der Waals surface area contributed by atoms with Gasteiger partial charge in [-0.15, -0.1) is 0 Å². The SMILES string of the molecule is CCCCCCCCCCCCCCCCCCNC(=O)CCC(=O)OC. The Morgan fingerprint density at radius 1 is 0.630 bits per heavy atom. The van der Waals surface area contributed by atoms with E-state index < -0.39 is 0 Å². The molecule has 0 saturated heterocycles. The van der Waals surface area contributed by atoms with Crippen LogP contribution in [0.4, 0.5) is 0 Å². The summed E-state index contributed by atoms with van der Waals surface area (Å²) in [5.41, 5.74) is 0. The molecule has 0 unspecified atom stereocenters. The van der Waals surface area contributed by atoms with Gasteiger partial charge < -0.3 is 10.1 Å². The van der Waals surface area contributed by atoms with Gasteiger partial charge >= 0.3 is 5.97 Å². The Labute approximate surface area is 168 Å². The predicted octanol–water partition coefficient (Wildman–Crippen LogP) is 6.32. The number of nitrogens with one attached hydrogen (secondary N) is 1. The van der Waals surface area contributed by atoms with Gasteiger partial charge in [0.05, 0.1) is 13.5 Å². The van der Waals surface area contributed by atoms with Crippen LogP contribution in [-0.4, -0.2) is 25.5 Å². The molecule has 0 aliphatic heterocycles. The summed E-state index contributed by atoms with van der Waals surface area (Å²) in [7, 11) is 1.34. The number of rotatable bonds is 20. The number of amides is 1. The number of hydrogen-bond acceptors (Lipinski definition) is 3. The highest BCUT2D eigenvalue weighted by atomic mass is 16.5. The van der Waals surface area contributed by atoms with Gasteiger partial charge in [0, 0.05) is 13.0 Å². The summed E-state index contributed by atoms with van der Waals surface area (Å²) in [6.07, 6.45) is 22.0. The van der Waals surface area contributed by atoms with Crippen LogP contribution < -0.4 is 5.32 Å². The molecule has 0 aliphatic carbocycles. The smallest absolute Gasteiger partial charge is 0.306 e. The first-order chi connectivity index (χ1) is 13.2. The van der Waals surface area contributed by atoms with E-state index in [-0.39, 0.29) is 24.7 Å². The Morgan fingerprint density at radius 3 is 1.44 bits per heavy atom. The minimum Gasteiger partial charge on any atom is -0.469 e. The zero-order valence-corrected chi connectivity index (χ0v) is 18.2. The molecule has 4 nitrogen and oxygen atoms in total. The molecule has 0 spiro atoms. The highest BCUT2D eigenvalue weighted by Crippen LogP contribution is 2.13. The first-order valence-corrected chi connectivity index (χ1v) is 11.5. The second-order valence-corrected chi connectivity index (χ2v) is 7.73. The van der Waals surface area contributed by atoms with Gasteiger partial charge in [-0.2, -0.15) is 0 Å². The maximum Gasteiger partial charge on any atom is 0.306 e. The van der Waals surface area contributed by atoms with Crippen molar-refractivity contribution in [2.75, 3.05) is 13.7 Å². The third kappa shape index (κ3) is 21.1. The molecule has 0 atom stereocenters. The highest BCUT2D eigenvalue weighted by molar-refractivity contribution is 5.81. The average Bonchev–Trinajstić information content (AvgIpc) is 2.68. The summed E-state index contributed by atoms with van der Waals surface area (Å²) in [6.45, 7) is 3.00. The molecule has 0 saturated carbocycles. The van der Waals surface area contributed by atoms with E-state index in [2.05, 4.69) is 17.0 Å². The van der Waals surface area contributed by atoms with Gasteiger partial charge in [0.25, 0.3) is 0 Å². The topological polar surface area (TPSA) is 55.4 Å². The number of hydrogen-bond donors (Lipinski definition) is 1. The van der Waals surface area contributed by atoms with Crippen molar-refractivity contribution in [3.8, 4) is 0 Å². The van der Waals surface area contributed by atoms with Crippen molar-refractivity contribution < 1.29 is 14.3 Å². The van der Waals surface area contributed by atoms with Gasteiger partial charge in [0.15, 0.2) is 0 Å². The predicted molar refractivity (Wildman–Crippen MR) is 114 cm³/mol. The molecule has 0 heterocycles. The molecule has 160 valence electrons. The van der Waals surface area contributed by atoms with Gasteiger partial charge in [-0.3, -0.25) is 9.59 Å². The minimum absolute atomic E-state index is 0.0543. The number of ether oxygens (including phenoxy) is 1. The molecule has 27 heavy (non-hydrogen) atoms. The number of carbonyl (C=O) groups excluding carboxylic acids is 2. The number of methoxy groups -OCH3 is 1. The molecule has 1 N–H and O–H groups in total. The summed E-state index contributed by atoms with van der Waals surface area (Å²) < 4.78 is 4.52. The quantitative estimate of drug-likeness (QED) is 0.198. The summed E-state index contributed by atoms with van der Waals surface area (Å²) in [5.74, 6) is -0.381. The third-order valence-corrected chi connectivity index (χ3v) is 5.14. The fourth-order valence-electron chi connectivity index (χ4n) is 3.31. The van der Waals surface area contributed by atoms with Crippen LogP contribution in [0.2, 0.25) is 0 Å². The number of carbonyl (C=O) groups is 2. The van der Waals surface area contributed by atoms with Crippen molar-refractivity contribution in [1.82, 2.24) is 5.32 Å². The maximum atomic E-state index is 11.5. The van der Waals surface area contributed by atoms with E-state index in [0.29, 0.717) is 0 Å². The first-order valence-electron chi connectivity index (χ1n) is 11.5. The molecule has 0 aromatic carbocycles. The third-order valence-electron chi connectivity index (χ3n) is 5.14. The molecule has 0 aliphatic rings. The minimum atomic E-state index is -0.326. The van der Waals surface area contributed by atoms with E-state index in [1.807, 2.05) is 0 Å². The molecule has 0 bridgehead atoms. The summed E-state index contributed by atoms with van der Waals surface area (Å²) in [5, 5.41) is 2.86. The van der Waals surface area contributed by atoms with Crippen molar-refractivity contribution in [3.05, 3.63) is 0 Å². The lowest BCUT2D eigenvalue weighted by Crippen LogP contribution is -2.24. The van der Waals surface area contributed by atoms with Gasteiger partial charge in [-0.1, -0.05) is 103 Å². The molecule has 0 aromatic heterocycles. The molecule has 0 aromatic rings. The van der Waals surface area contributed by atoms with E-state index in [9.17, 15) is 9.59 Å². The van der Waals surface area contributed by atoms with Crippen LogP contribution in [0.5, 0.6) is 0 Å². The van der Waals surface area contributed by atoms with Crippen molar-refractivity contribution >= 4 is 11.9 Å². The van der Waals surface area contributed by atoms with Crippen LogP contribution in [0.1, 0.15) is 122 Å². The molecular weight excluding hydrogens is 338 g/mol.